The van der Waals surface area contributed by atoms with Crippen LogP contribution in [0.3, 0.4) is 0 Å². The Kier molecular flexibility index (Phi) is 3.38. The largest absolute Gasteiger partial charge is 0.331 e. The van der Waals surface area contributed by atoms with Crippen molar-refractivity contribution in [2.75, 3.05) is 0 Å². The van der Waals surface area contributed by atoms with E-state index in [2.05, 4.69) is 24.0 Å². The van der Waals surface area contributed by atoms with Gasteiger partial charge in [0.15, 0.2) is 6.29 Å². The van der Waals surface area contributed by atoms with Crippen LogP contribution in [0.4, 0.5) is 0 Å². The number of aldehydes is 1. The van der Waals surface area contributed by atoms with Gasteiger partial charge in [-0.15, -0.1) is 0 Å². The third-order valence-corrected chi connectivity index (χ3v) is 3.07. The average molecular weight is 228 g/mol. The first-order chi connectivity index (χ1) is 8.22. The Morgan fingerprint density at radius 2 is 2.06 bits per heavy atom. The van der Waals surface area contributed by atoms with E-state index in [4.69, 9.17) is 0 Å². The molecule has 88 valence electrons. The summed E-state index contributed by atoms with van der Waals surface area (Å²) in [4.78, 5) is 15.2. The molecular formula is C14H16N2O. The Morgan fingerprint density at radius 3 is 2.76 bits per heavy atom. The molecule has 0 aliphatic carbocycles. The van der Waals surface area contributed by atoms with Crippen molar-refractivity contribution in [1.29, 1.82) is 0 Å². The standard InChI is InChI=1S/C14H16N2O/c1-11-5-3-4-6-12(11)7-8-13-14(9-17)16(2)10-15-13/h3-6,9-10H,7-8H2,1-2H3. The van der Waals surface area contributed by atoms with E-state index in [1.807, 2.05) is 19.2 Å². The van der Waals surface area contributed by atoms with Gasteiger partial charge in [0.1, 0.15) is 5.69 Å². The topological polar surface area (TPSA) is 34.9 Å². The lowest BCUT2D eigenvalue weighted by Crippen LogP contribution is -2.00. The van der Waals surface area contributed by atoms with Gasteiger partial charge in [0.2, 0.25) is 0 Å². The molecule has 3 nitrogen and oxygen atoms in total. The summed E-state index contributed by atoms with van der Waals surface area (Å²) in [6.45, 7) is 2.11. The molecule has 0 aliphatic rings. The number of nitrogens with zero attached hydrogens (tertiary/aromatic N) is 2. The van der Waals surface area contributed by atoms with Gasteiger partial charge in [-0.05, 0) is 30.9 Å². The fourth-order valence-electron chi connectivity index (χ4n) is 1.98. The van der Waals surface area contributed by atoms with E-state index in [1.54, 1.807) is 10.9 Å². The van der Waals surface area contributed by atoms with Crippen LogP contribution in [0.15, 0.2) is 30.6 Å². The van der Waals surface area contributed by atoms with Crippen LogP contribution >= 0.6 is 0 Å². The van der Waals surface area contributed by atoms with Gasteiger partial charge < -0.3 is 4.57 Å². The molecule has 0 N–H and O–H groups in total. The fraction of sp³-hybridized carbons (Fsp3) is 0.286. The lowest BCUT2D eigenvalue weighted by Gasteiger charge is -2.04. The zero-order valence-corrected chi connectivity index (χ0v) is 10.2. The van der Waals surface area contributed by atoms with Gasteiger partial charge in [-0.25, -0.2) is 4.98 Å². The highest BCUT2D eigenvalue weighted by Gasteiger charge is 2.08. The molecule has 2 aromatic rings. The fourth-order valence-corrected chi connectivity index (χ4v) is 1.98. The number of aromatic nitrogens is 2. The molecule has 0 amide bonds. The third-order valence-electron chi connectivity index (χ3n) is 3.07. The van der Waals surface area contributed by atoms with Crippen molar-refractivity contribution in [3.05, 3.63) is 53.1 Å². The van der Waals surface area contributed by atoms with Crippen LogP contribution < -0.4 is 0 Å². The van der Waals surface area contributed by atoms with Crippen LogP contribution in [0.25, 0.3) is 0 Å². The second-order valence-electron chi connectivity index (χ2n) is 4.23. The normalized spacial score (nSPS) is 10.5. The van der Waals surface area contributed by atoms with Crippen molar-refractivity contribution in [3.63, 3.8) is 0 Å². The Morgan fingerprint density at radius 1 is 1.29 bits per heavy atom. The lowest BCUT2D eigenvalue weighted by molar-refractivity contribution is 0.111. The maximum absolute atomic E-state index is 10.9. The molecule has 0 saturated heterocycles. The van der Waals surface area contributed by atoms with Gasteiger partial charge in [0, 0.05) is 7.05 Å². The van der Waals surface area contributed by atoms with Crippen molar-refractivity contribution in [1.82, 2.24) is 9.55 Å². The number of rotatable bonds is 4. The average Bonchev–Trinajstić information content (AvgIpc) is 2.69. The SMILES string of the molecule is Cc1ccccc1CCc1ncn(C)c1C=O. The maximum Gasteiger partial charge on any atom is 0.168 e. The smallest absolute Gasteiger partial charge is 0.168 e. The second-order valence-corrected chi connectivity index (χ2v) is 4.23. The minimum atomic E-state index is 0.679. The number of carbonyl (C=O) groups excluding carboxylic acids is 1. The van der Waals surface area contributed by atoms with E-state index in [0.717, 1.165) is 24.8 Å². The third kappa shape index (κ3) is 2.44. The van der Waals surface area contributed by atoms with Crippen LogP contribution in [0, 0.1) is 6.92 Å². The predicted octanol–water partition coefficient (Wildman–Crippen LogP) is 2.33. The Labute approximate surface area is 101 Å². The van der Waals surface area contributed by atoms with Crippen molar-refractivity contribution >= 4 is 6.29 Å². The molecule has 17 heavy (non-hydrogen) atoms. The minimum absolute atomic E-state index is 0.679. The van der Waals surface area contributed by atoms with Gasteiger partial charge in [-0.2, -0.15) is 0 Å². The molecule has 1 aromatic carbocycles. The molecule has 0 aliphatic heterocycles. The molecule has 1 heterocycles. The molecular weight excluding hydrogens is 212 g/mol. The molecule has 0 unspecified atom stereocenters. The monoisotopic (exact) mass is 228 g/mol. The Balaban J connectivity index is 2.13. The van der Waals surface area contributed by atoms with Crippen molar-refractivity contribution in [2.45, 2.75) is 19.8 Å². The van der Waals surface area contributed by atoms with E-state index in [1.165, 1.54) is 11.1 Å². The number of aryl methyl sites for hydroxylation is 4. The zero-order valence-electron chi connectivity index (χ0n) is 10.2. The highest BCUT2D eigenvalue weighted by atomic mass is 16.1. The highest BCUT2D eigenvalue weighted by molar-refractivity contribution is 5.73. The van der Waals surface area contributed by atoms with Crippen LogP contribution in [0.5, 0.6) is 0 Å². The number of carbonyl (C=O) groups is 1. The van der Waals surface area contributed by atoms with Crippen LogP contribution in [-0.4, -0.2) is 15.8 Å². The molecule has 1 aromatic heterocycles. The van der Waals surface area contributed by atoms with Crippen LogP contribution in [-0.2, 0) is 19.9 Å². The first kappa shape index (κ1) is 11.6. The molecule has 0 radical (unpaired) electrons. The van der Waals surface area contributed by atoms with E-state index in [0.29, 0.717) is 5.69 Å². The Bertz CT molecular complexity index is 529. The summed E-state index contributed by atoms with van der Waals surface area (Å²) >= 11 is 0. The van der Waals surface area contributed by atoms with Crippen molar-refractivity contribution < 1.29 is 4.79 Å². The molecule has 2 rings (SSSR count). The van der Waals surface area contributed by atoms with Gasteiger partial charge >= 0.3 is 0 Å². The summed E-state index contributed by atoms with van der Waals surface area (Å²) in [5.41, 5.74) is 4.16. The van der Waals surface area contributed by atoms with E-state index >= 15 is 0 Å². The number of benzene rings is 1. The van der Waals surface area contributed by atoms with Gasteiger partial charge in [-0.1, -0.05) is 24.3 Å². The number of hydrogen-bond donors (Lipinski definition) is 0. The zero-order chi connectivity index (χ0) is 12.3. The maximum atomic E-state index is 10.9. The summed E-state index contributed by atoms with van der Waals surface area (Å²) in [6, 6.07) is 8.31. The molecule has 0 fully saturated rings. The minimum Gasteiger partial charge on any atom is -0.331 e. The summed E-state index contributed by atoms with van der Waals surface area (Å²) in [6.07, 6.45) is 4.29. The first-order valence-electron chi connectivity index (χ1n) is 5.72. The molecule has 0 bridgehead atoms. The van der Waals surface area contributed by atoms with E-state index in [9.17, 15) is 4.79 Å². The summed E-state index contributed by atoms with van der Waals surface area (Å²) in [5.74, 6) is 0. The molecule has 0 atom stereocenters. The second kappa shape index (κ2) is 4.95. The van der Waals surface area contributed by atoms with Gasteiger partial charge in [0.25, 0.3) is 0 Å². The summed E-state index contributed by atoms with van der Waals surface area (Å²) < 4.78 is 1.76. The van der Waals surface area contributed by atoms with Gasteiger partial charge in [-0.3, -0.25) is 4.79 Å². The Hall–Kier alpha value is -1.90. The van der Waals surface area contributed by atoms with Crippen LogP contribution in [0.1, 0.15) is 27.3 Å². The molecule has 3 heteroatoms. The lowest BCUT2D eigenvalue weighted by atomic mass is 10.0. The van der Waals surface area contributed by atoms with Crippen molar-refractivity contribution in [2.24, 2.45) is 7.05 Å². The number of imidazole rings is 1. The summed E-state index contributed by atoms with van der Waals surface area (Å²) in [5, 5.41) is 0. The molecule has 0 spiro atoms. The molecule has 0 saturated carbocycles. The van der Waals surface area contributed by atoms with E-state index < -0.39 is 0 Å². The van der Waals surface area contributed by atoms with E-state index in [-0.39, 0.29) is 0 Å². The van der Waals surface area contributed by atoms with Crippen LogP contribution in [0.2, 0.25) is 0 Å². The summed E-state index contributed by atoms with van der Waals surface area (Å²) in [7, 11) is 1.84. The number of hydrogen-bond acceptors (Lipinski definition) is 2. The quantitative estimate of drug-likeness (QED) is 0.753. The first-order valence-corrected chi connectivity index (χ1v) is 5.72. The van der Waals surface area contributed by atoms with Crippen molar-refractivity contribution in [3.8, 4) is 0 Å². The van der Waals surface area contributed by atoms with Gasteiger partial charge in [0.05, 0.1) is 12.0 Å². The highest BCUT2D eigenvalue weighted by Crippen LogP contribution is 2.12. The predicted molar refractivity (Wildman–Crippen MR) is 67.2 cm³/mol.